The molecule has 6 nitrogen and oxygen atoms in total. The van der Waals surface area contributed by atoms with Crippen LogP contribution < -0.4 is 4.90 Å². The normalized spacial score (nSPS) is 17.9. The molecule has 1 aliphatic carbocycles. The van der Waals surface area contributed by atoms with Crippen LogP contribution in [0.4, 0.5) is 5.82 Å². The zero-order valence-corrected chi connectivity index (χ0v) is 18.2. The van der Waals surface area contributed by atoms with E-state index in [2.05, 4.69) is 75.1 Å². The highest BCUT2D eigenvalue weighted by molar-refractivity contribution is 5.81. The fourth-order valence-electron chi connectivity index (χ4n) is 5.32. The predicted octanol–water partition coefficient (Wildman–Crippen LogP) is 5.61. The number of fused-ring (bicyclic) bond motifs is 3. The number of nitrogens with zero attached hydrogens (tertiary/aromatic N) is 6. The fourth-order valence-corrected chi connectivity index (χ4v) is 5.32. The minimum Gasteiger partial charge on any atom is -0.342 e. The Morgan fingerprint density at radius 3 is 2.47 bits per heavy atom. The number of anilines is 1. The average molecular weight is 423 g/mol. The molecule has 0 bridgehead atoms. The Morgan fingerprint density at radius 2 is 1.69 bits per heavy atom. The molecule has 1 fully saturated rings. The van der Waals surface area contributed by atoms with Crippen molar-refractivity contribution < 1.29 is 0 Å². The van der Waals surface area contributed by atoms with E-state index in [1.165, 1.54) is 31.2 Å². The van der Waals surface area contributed by atoms with Crippen LogP contribution in [0.15, 0.2) is 67.1 Å². The highest BCUT2D eigenvalue weighted by atomic mass is 15.4. The first-order chi connectivity index (χ1) is 15.8. The zero-order chi connectivity index (χ0) is 21.5. The fraction of sp³-hybridized carbons (Fsp3) is 0.308. The lowest BCUT2D eigenvalue weighted by molar-refractivity contribution is 0.469. The summed E-state index contributed by atoms with van der Waals surface area (Å²) >= 11 is 0. The molecule has 6 heteroatoms. The SMILES string of the molecule is CC[C@@H]1c2nncn2-c2cnc(-c3ccccc3-c3ccccc3)nc2N1C1CCCC1. The molecule has 3 heterocycles. The van der Waals surface area contributed by atoms with Crippen molar-refractivity contribution in [3.8, 4) is 28.2 Å². The molecule has 0 amide bonds. The number of benzene rings is 2. The molecule has 0 N–H and O–H groups in total. The maximum Gasteiger partial charge on any atom is 0.162 e. The third-order valence-corrected chi connectivity index (χ3v) is 6.82. The Bertz CT molecular complexity index is 1240. The van der Waals surface area contributed by atoms with E-state index >= 15 is 0 Å². The van der Waals surface area contributed by atoms with E-state index in [9.17, 15) is 0 Å². The predicted molar refractivity (Wildman–Crippen MR) is 126 cm³/mol. The third-order valence-electron chi connectivity index (χ3n) is 6.82. The Hall–Kier alpha value is -3.54. The molecule has 1 aliphatic heterocycles. The maximum atomic E-state index is 5.21. The molecule has 2 aromatic heterocycles. The summed E-state index contributed by atoms with van der Waals surface area (Å²) in [5, 5.41) is 8.71. The molecule has 160 valence electrons. The second-order valence-corrected chi connectivity index (χ2v) is 8.64. The van der Waals surface area contributed by atoms with Crippen molar-refractivity contribution in [3.63, 3.8) is 0 Å². The number of hydrogen-bond acceptors (Lipinski definition) is 5. The van der Waals surface area contributed by atoms with Gasteiger partial charge in [-0.15, -0.1) is 10.2 Å². The van der Waals surface area contributed by atoms with E-state index < -0.39 is 0 Å². The Labute approximate surface area is 188 Å². The number of rotatable bonds is 4. The van der Waals surface area contributed by atoms with Crippen molar-refractivity contribution in [2.45, 2.75) is 51.1 Å². The molecule has 1 atom stereocenters. The van der Waals surface area contributed by atoms with Gasteiger partial charge in [0, 0.05) is 11.6 Å². The lowest BCUT2D eigenvalue weighted by Gasteiger charge is -2.40. The van der Waals surface area contributed by atoms with Gasteiger partial charge in [0.2, 0.25) is 0 Å². The largest absolute Gasteiger partial charge is 0.342 e. The minimum atomic E-state index is 0.181. The Balaban J connectivity index is 1.53. The lowest BCUT2D eigenvalue weighted by atomic mass is 9.99. The second kappa shape index (κ2) is 7.86. The van der Waals surface area contributed by atoms with Crippen LogP contribution in [0, 0.1) is 0 Å². The van der Waals surface area contributed by atoms with Gasteiger partial charge >= 0.3 is 0 Å². The summed E-state index contributed by atoms with van der Waals surface area (Å²) < 4.78 is 2.07. The van der Waals surface area contributed by atoms with E-state index in [0.717, 1.165) is 40.7 Å². The summed E-state index contributed by atoms with van der Waals surface area (Å²) in [6.45, 7) is 2.23. The van der Waals surface area contributed by atoms with Crippen LogP contribution in [0.5, 0.6) is 0 Å². The summed E-state index contributed by atoms with van der Waals surface area (Å²) in [6, 6.07) is 19.5. The first kappa shape index (κ1) is 19.2. The van der Waals surface area contributed by atoms with Crippen molar-refractivity contribution >= 4 is 5.82 Å². The zero-order valence-electron chi connectivity index (χ0n) is 18.2. The summed E-state index contributed by atoms with van der Waals surface area (Å²) in [6.07, 6.45) is 9.65. The van der Waals surface area contributed by atoms with Gasteiger partial charge in [0.1, 0.15) is 12.0 Å². The van der Waals surface area contributed by atoms with Gasteiger partial charge in [-0.05, 0) is 30.4 Å². The topological polar surface area (TPSA) is 59.7 Å². The van der Waals surface area contributed by atoms with Gasteiger partial charge in [0.15, 0.2) is 17.5 Å². The van der Waals surface area contributed by atoms with Crippen LogP contribution in [-0.4, -0.2) is 30.8 Å². The third kappa shape index (κ3) is 3.01. The van der Waals surface area contributed by atoms with Gasteiger partial charge in [0.05, 0.1) is 12.2 Å². The van der Waals surface area contributed by atoms with Crippen LogP contribution in [0.25, 0.3) is 28.2 Å². The van der Waals surface area contributed by atoms with Crippen LogP contribution in [-0.2, 0) is 0 Å². The molecule has 32 heavy (non-hydrogen) atoms. The van der Waals surface area contributed by atoms with Gasteiger partial charge in [0.25, 0.3) is 0 Å². The molecule has 0 saturated heterocycles. The number of aromatic nitrogens is 5. The summed E-state index contributed by atoms with van der Waals surface area (Å²) in [7, 11) is 0. The summed E-state index contributed by atoms with van der Waals surface area (Å²) in [5.74, 6) is 2.76. The van der Waals surface area contributed by atoms with Gasteiger partial charge in [-0.1, -0.05) is 74.4 Å². The highest BCUT2D eigenvalue weighted by Gasteiger charge is 2.38. The van der Waals surface area contributed by atoms with E-state index in [1.54, 1.807) is 6.33 Å². The molecular formula is C26H26N6. The van der Waals surface area contributed by atoms with E-state index in [-0.39, 0.29) is 6.04 Å². The summed E-state index contributed by atoms with van der Waals surface area (Å²) in [5.41, 5.74) is 4.34. The molecule has 4 aromatic rings. The van der Waals surface area contributed by atoms with Crippen molar-refractivity contribution in [2.75, 3.05) is 4.90 Å². The standard InChI is InChI=1S/C26H26N6/c1-2-22-26-30-28-17-31(26)23-16-27-24(29-25(23)32(22)19-12-6-7-13-19)21-15-9-8-14-20(21)18-10-4-3-5-11-18/h3-5,8-11,14-17,19,22H,2,6-7,12-13H2,1H3/t22-/m1/s1. The first-order valence-corrected chi connectivity index (χ1v) is 11.6. The van der Waals surface area contributed by atoms with Gasteiger partial charge in [-0.3, -0.25) is 4.57 Å². The first-order valence-electron chi connectivity index (χ1n) is 11.6. The van der Waals surface area contributed by atoms with Crippen LogP contribution in [0.1, 0.15) is 50.9 Å². The molecule has 0 radical (unpaired) electrons. The van der Waals surface area contributed by atoms with Gasteiger partial charge in [-0.25, -0.2) is 9.97 Å². The smallest absolute Gasteiger partial charge is 0.162 e. The van der Waals surface area contributed by atoms with Crippen molar-refractivity contribution in [1.29, 1.82) is 0 Å². The maximum absolute atomic E-state index is 5.21. The van der Waals surface area contributed by atoms with Crippen molar-refractivity contribution in [2.24, 2.45) is 0 Å². The Morgan fingerprint density at radius 1 is 0.938 bits per heavy atom. The van der Waals surface area contributed by atoms with Gasteiger partial charge < -0.3 is 4.90 Å². The quantitative estimate of drug-likeness (QED) is 0.428. The molecule has 6 rings (SSSR count). The molecular weight excluding hydrogens is 396 g/mol. The molecule has 1 saturated carbocycles. The molecule has 0 spiro atoms. The van der Waals surface area contributed by atoms with Crippen LogP contribution in [0.2, 0.25) is 0 Å². The Kier molecular flexibility index (Phi) is 4.71. The van der Waals surface area contributed by atoms with E-state index in [0.29, 0.717) is 6.04 Å². The van der Waals surface area contributed by atoms with Crippen molar-refractivity contribution in [3.05, 3.63) is 72.9 Å². The highest BCUT2D eigenvalue weighted by Crippen LogP contribution is 2.43. The monoisotopic (exact) mass is 422 g/mol. The lowest BCUT2D eigenvalue weighted by Crippen LogP contribution is -2.42. The molecule has 2 aliphatic rings. The molecule has 2 aromatic carbocycles. The van der Waals surface area contributed by atoms with E-state index in [1.807, 2.05) is 12.3 Å². The van der Waals surface area contributed by atoms with Crippen LogP contribution >= 0.6 is 0 Å². The van der Waals surface area contributed by atoms with E-state index in [4.69, 9.17) is 9.97 Å². The minimum absolute atomic E-state index is 0.181. The van der Waals surface area contributed by atoms with Crippen molar-refractivity contribution in [1.82, 2.24) is 24.7 Å². The van der Waals surface area contributed by atoms with Gasteiger partial charge in [-0.2, -0.15) is 0 Å². The second-order valence-electron chi connectivity index (χ2n) is 8.64. The average Bonchev–Trinajstić information content (AvgIpc) is 3.56. The summed E-state index contributed by atoms with van der Waals surface area (Å²) in [4.78, 5) is 12.6. The number of hydrogen-bond donors (Lipinski definition) is 0. The molecule has 0 unspecified atom stereocenters. The van der Waals surface area contributed by atoms with Crippen LogP contribution in [0.3, 0.4) is 0 Å².